The maximum absolute atomic E-state index is 0. The van der Waals surface area contributed by atoms with Crippen molar-refractivity contribution in [2.75, 3.05) is 0 Å². The van der Waals surface area contributed by atoms with Crippen LogP contribution in [0.1, 0.15) is 0 Å². The van der Waals surface area contributed by atoms with Gasteiger partial charge in [0.05, 0.1) is 0 Å². The van der Waals surface area contributed by atoms with Gasteiger partial charge in [0, 0.05) is 89.1 Å². The minimum Gasteiger partial charge on any atom is -2.00 e. The van der Waals surface area contributed by atoms with E-state index >= 15 is 0 Å². The second-order valence-electron chi connectivity index (χ2n) is 0. The van der Waals surface area contributed by atoms with Crippen molar-refractivity contribution in [2.45, 2.75) is 0 Å². The van der Waals surface area contributed by atoms with Crippen LogP contribution in [0.25, 0.3) is 0 Å². The zero-order valence-electron chi connectivity index (χ0n) is 2.89. The summed E-state index contributed by atoms with van der Waals surface area (Å²) in [7, 11) is 0. The molecule has 0 aliphatic rings. The van der Waals surface area contributed by atoms with Crippen molar-refractivity contribution in [3.63, 3.8) is 0 Å². The predicted molar refractivity (Wildman–Crippen MR) is 7.13 cm³/mol. The van der Waals surface area contributed by atoms with Gasteiger partial charge in [0.2, 0.25) is 0 Å². The second kappa shape index (κ2) is 38.1. The fourth-order valence-electron chi connectivity index (χ4n) is 0. The molecule has 0 aliphatic heterocycles. The summed E-state index contributed by atoms with van der Waals surface area (Å²) in [4.78, 5) is 0. The Morgan fingerprint density at radius 2 is 0.833 bits per heavy atom. The molecule has 0 atom stereocenters. The van der Waals surface area contributed by atoms with Gasteiger partial charge in [-0.25, -0.2) is 0 Å². The van der Waals surface area contributed by atoms with Gasteiger partial charge in [-0.1, -0.05) is 0 Å². The summed E-state index contributed by atoms with van der Waals surface area (Å²) < 4.78 is 0. The molecule has 5 radical (unpaired) electrons. The van der Waals surface area contributed by atoms with Gasteiger partial charge < -0.3 is 11.0 Å². The summed E-state index contributed by atoms with van der Waals surface area (Å²) in [6.07, 6.45) is 0. The van der Waals surface area contributed by atoms with Crippen molar-refractivity contribution in [1.29, 1.82) is 0 Å². The van der Waals surface area contributed by atoms with Crippen molar-refractivity contribution in [3.05, 3.63) is 0 Å². The van der Waals surface area contributed by atoms with E-state index in [4.69, 9.17) is 0 Å². The van der Waals surface area contributed by atoms with Gasteiger partial charge >= 0.3 is 21.7 Å². The molecule has 0 bridgehead atoms. The Hall–Kier alpha value is 3.63. The molecule has 0 saturated carbocycles. The summed E-state index contributed by atoms with van der Waals surface area (Å²) in [5.41, 5.74) is 0. The fraction of sp³-hybridized carbons (Fsp3) is 0. The van der Waals surface area contributed by atoms with Crippen LogP contribution < -0.4 is 0 Å². The first-order chi connectivity index (χ1) is 0. The van der Waals surface area contributed by atoms with Crippen molar-refractivity contribution in [3.8, 4) is 0 Å². The van der Waals surface area contributed by atoms with E-state index in [9.17, 15) is 0 Å². The van der Waals surface area contributed by atoms with Crippen molar-refractivity contribution in [1.82, 2.24) is 0 Å². The molecule has 6 heavy (non-hydrogen) atoms. The van der Waals surface area contributed by atoms with Crippen LogP contribution in [0, 0.1) is 35.6 Å². The summed E-state index contributed by atoms with van der Waals surface area (Å²) in [5.74, 6) is 0. The largest absolute Gasteiger partial charge is 4.00 e. The first-order valence-corrected chi connectivity index (χ1v) is 0. The first kappa shape index (κ1) is 54.4. The van der Waals surface area contributed by atoms with E-state index in [1.165, 1.54) is 0 Å². The summed E-state index contributed by atoms with van der Waals surface area (Å²) >= 11 is 0. The Morgan fingerprint density at radius 3 is 0.833 bits per heavy atom. The SMILES string of the molecule is [La].[O-2].[O-2].[Pb].[Ti+4].[Zr]. The van der Waals surface area contributed by atoms with Gasteiger partial charge in [-0.15, -0.1) is 0 Å². The van der Waals surface area contributed by atoms with Gasteiger partial charge in [0.15, 0.2) is 0 Å². The summed E-state index contributed by atoms with van der Waals surface area (Å²) in [6.45, 7) is 0. The fourth-order valence-corrected chi connectivity index (χ4v) is 0. The molecule has 0 aliphatic carbocycles. The third kappa shape index (κ3) is 25.4. The topological polar surface area (TPSA) is 57.0 Å². The van der Waals surface area contributed by atoms with Crippen molar-refractivity contribution in [2.24, 2.45) is 0 Å². The standard InChI is InChI=1S/La.2O.Pb.Ti.Zr/q;2*-2;;+4;. The van der Waals surface area contributed by atoms with Gasteiger partial charge in [-0.2, -0.15) is 0 Å². The Bertz CT molecular complexity index is 13.5. The number of rotatable bonds is 0. The van der Waals surface area contributed by atoms with Gasteiger partial charge in [-0.05, 0) is 0 Å². The van der Waals surface area contributed by atoms with E-state index in [-0.39, 0.29) is 122 Å². The number of hydrogen-bond acceptors (Lipinski definition) is 0. The molecule has 2 nitrogen and oxygen atoms in total. The molecule has 0 N–H and O–H groups in total. The molecule has 0 aromatic carbocycles. The third-order valence-corrected chi connectivity index (χ3v) is 0. The van der Waals surface area contributed by atoms with Crippen LogP contribution in [0.3, 0.4) is 0 Å². The molecule has 0 rings (SSSR count). The Morgan fingerprint density at radius 1 is 0.833 bits per heavy atom. The van der Waals surface area contributed by atoms with Crippen LogP contribution in [-0.4, -0.2) is 27.3 Å². The van der Waals surface area contributed by atoms with Crippen LogP contribution in [0.4, 0.5) is 0 Å². The van der Waals surface area contributed by atoms with E-state index < -0.39 is 0 Å². The van der Waals surface area contributed by atoms with E-state index in [0.29, 0.717) is 0 Å². The molecule has 0 amide bonds. The average Bonchev–Trinajstić information content (AvgIpc) is 0. The Balaban J connectivity index is 0. The molecule has 0 saturated heterocycles. The van der Waals surface area contributed by atoms with Crippen LogP contribution in [0.2, 0.25) is 0 Å². The summed E-state index contributed by atoms with van der Waals surface area (Å²) in [6, 6.07) is 0. The number of hydrogen-bond donors (Lipinski definition) is 0. The monoisotopic (exact) mass is 517 g/mol. The Kier molecular flexibility index (Phi) is 345. The molecule has 0 unspecified atom stereocenters. The molecular weight excluding hydrogens is 517 g/mol. The van der Waals surface area contributed by atoms with E-state index in [1.54, 1.807) is 0 Å². The average molecular weight is 517 g/mol. The Labute approximate surface area is 119 Å². The predicted octanol–water partition coefficient (Wildman–Crippen LogP) is -0.623. The minimum absolute atomic E-state index is 0. The molecule has 6 heteroatoms. The first-order valence-electron chi connectivity index (χ1n) is 0. The molecule has 0 heterocycles. The van der Waals surface area contributed by atoms with Crippen molar-refractivity contribution < 1.29 is 94.5 Å². The minimum atomic E-state index is 0. The zero-order chi connectivity index (χ0) is 0. The van der Waals surface area contributed by atoms with E-state index in [1.807, 2.05) is 0 Å². The molecule has 0 aromatic rings. The van der Waals surface area contributed by atoms with Crippen LogP contribution in [0.15, 0.2) is 0 Å². The van der Waals surface area contributed by atoms with Crippen molar-refractivity contribution >= 4 is 27.3 Å². The van der Waals surface area contributed by atoms with Crippen LogP contribution in [0.5, 0.6) is 0 Å². The smallest absolute Gasteiger partial charge is 2.00 e. The zero-order valence-corrected chi connectivity index (χ0v) is 14.4. The molecular formula is LaO2PbTiZr. The summed E-state index contributed by atoms with van der Waals surface area (Å²) in [5, 5.41) is 0. The molecule has 27 valence electrons. The maximum atomic E-state index is 0. The van der Waals surface area contributed by atoms with Gasteiger partial charge in [-0.3, -0.25) is 0 Å². The normalized spacial score (nSPS) is 0. The van der Waals surface area contributed by atoms with Crippen LogP contribution in [-0.2, 0) is 58.9 Å². The molecule has 0 fully saturated rings. The van der Waals surface area contributed by atoms with Gasteiger partial charge in [0.25, 0.3) is 0 Å². The molecule has 0 spiro atoms. The molecule has 0 aromatic heterocycles. The second-order valence-corrected chi connectivity index (χ2v) is 0. The maximum Gasteiger partial charge on any atom is 4.00 e. The van der Waals surface area contributed by atoms with E-state index in [0.717, 1.165) is 0 Å². The third-order valence-electron chi connectivity index (χ3n) is 0. The quantitative estimate of drug-likeness (QED) is 0.385. The van der Waals surface area contributed by atoms with Gasteiger partial charge in [0.1, 0.15) is 0 Å². The van der Waals surface area contributed by atoms with E-state index in [2.05, 4.69) is 0 Å². The van der Waals surface area contributed by atoms with Crippen LogP contribution >= 0.6 is 0 Å².